The van der Waals surface area contributed by atoms with Gasteiger partial charge in [-0.1, -0.05) is 18.2 Å². The summed E-state index contributed by atoms with van der Waals surface area (Å²) in [6.07, 6.45) is -0.734. The van der Waals surface area contributed by atoms with E-state index < -0.39 is 56.3 Å². The lowest BCUT2D eigenvalue weighted by Gasteiger charge is -2.10. The van der Waals surface area contributed by atoms with Crippen molar-refractivity contribution in [1.82, 2.24) is 0 Å². The van der Waals surface area contributed by atoms with E-state index in [1.54, 1.807) is 19.1 Å². The maximum atomic E-state index is 8.78. The zero-order chi connectivity index (χ0) is 14.5. The van der Waals surface area contributed by atoms with Crippen molar-refractivity contribution < 1.29 is 30.4 Å². The summed E-state index contributed by atoms with van der Waals surface area (Å²) in [5.74, 6) is 0.692. The second kappa shape index (κ2) is 12.6. The first-order valence-corrected chi connectivity index (χ1v) is 11.8. The van der Waals surface area contributed by atoms with E-state index in [1.165, 1.54) is 0 Å². The Kier molecular flexibility index (Phi) is 11.3. The van der Waals surface area contributed by atoms with Gasteiger partial charge in [-0.15, -0.1) is 0 Å². The molecule has 0 saturated carbocycles. The van der Waals surface area contributed by atoms with Crippen LogP contribution in [0.5, 0.6) is 5.75 Å². The van der Waals surface area contributed by atoms with Crippen molar-refractivity contribution in [3.05, 3.63) is 30.3 Å². The second-order valence-electron chi connectivity index (χ2n) is 3.64. The van der Waals surface area contributed by atoms with E-state index in [2.05, 4.69) is 0 Å². The summed E-state index contributed by atoms with van der Waals surface area (Å²) in [4.78, 5) is 0. The van der Waals surface area contributed by atoms with Crippen LogP contribution in [-0.4, -0.2) is 61.4 Å². The van der Waals surface area contributed by atoms with Gasteiger partial charge in [0.1, 0.15) is 5.75 Å². The molecule has 1 heterocycles. The minimum Gasteiger partial charge on any atom is -0.465 e. The summed E-state index contributed by atoms with van der Waals surface area (Å²) < 4.78 is 30.8. The van der Waals surface area contributed by atoms with E-state index in [9.17, 15) is 0 Å². The van der Waals surface area contributed by atoms with Gasteiger partial charge in [-0.3, -0.25) is 0 Å². The van der Waals surface area contributed by atoms with Gasteiger partial charge in [0.25, 0.3) is 50.0 Å². The molecule has 1 aromatic rings. The summed E-state index contributed by atoms with van der Waals surface area (Å²) >= 11 is 0. The predicted octanol–water partition coefficient (Wildman–Crippen LogP) is -3.52. The number of ether oxygens (including phenoxy) is 1. The molecule has 1 aromatic carbocycles. The number of aliphatic hydroxyl groups is 1. The van der Waals surface area contributed by atoms with Crippen LogP contribution >= 0.6 is 0 Å². The molecular formula is C8H20O7Si5. The van der Waals surface area contributed by atoms with E-state index in [4.69, 9.17) is 30.4 Å². The highest BCUT2D eigenvalue weighted by Crippen LogP contribution is 2.09. The molecule has 20 heavy (non-hydrogen) atoms. The Morgan fingerprint density at radius 3 is 1.60 bits per heavy atom. The normalized spacial score (nSPS) is 24.3. The van der Waals surface area contributed by atoms with Crippen LogP contribution in [0.2, 0.25) is 0 Å². The lowest BCUT2D eigenvalue weighted by molar-refractivity contribution is -0.000290. The molecule has 1 fully saturated rings. The molecule has 0 spiro atoms. The fourth-order valence-corrected chi connectivity index (χ4v) is 10.2. The van der Waals surface area contributed by atoms with Crippen LogP contribution in [-0.2, 0) is 20.6 Å². The number of hydrogen-bond donors (Lipinski definition) is 1. The average Bonchev–Trinajstić information content (AvgIpc) is 2.46. The van der Waals surface area contributed by atoms with Crippen molar-refractivity contribution in [2.75, 3.05) is 0 Å². The molecule has 1 aliphatic rings. The molecule has 1 unspecified atom stereocenters. The molecule has 1 aliphatic heterocycles. The van der Waals surface area contributed by atoms with Gasteiger partial charge in [0, 0.05) is 0 Å². The summed E-state index contributed by atoms with van der Waals surface area (Å²) in [6.45, 7) is 1.58. The van der Waals surface area contributed by atoms with E-state index in [-0.39, 0.29) is 0 Å². The highest BCUT2D eigenvalue weighted by molar-refractivity contribution is 6.50. The monoisotopic (exact) mass is 368 g/mol. The van der Waals surface area contributed by atoms with Crippen LogP contribution in [0.3, 0.4) is 0 Å². The molecule has 2 rings (SSSR count). The van der Waals surface area contributed by atoms with Crippen molar-refractivity contribution in [3.8, 4) is 5.75 Å². The van der Waals surface area contributed by atoms with E-state index in [0.717, 1.165) is 0 Å². The Balaban J connectivity index is 0.000000200. The number of rotatable bonds is 2. The summed E-state index contributed by atoms with van der Waals surface area (Å²) in [5.41, 5.74) is 0. The molecule has 0 aliphatic carbocycles. The molecule has 1 atom stereocenters. The van der Waals surface area contributed by atoms with Crippen molar-refractivity contribution >= 4 is 50.0 Å². The van der Waals surface area contributed by atoms with E-state index in [1.807, 2.05) is 18.2 Å². The Labute approximate surface area is 130 Å². The standard InChI is InChI=1S/C8H10O2.H10O5Si5/c1-7(9)10-8-5-3-2-4-6-8;1-6-2-8-4-10-5-9-3-7-1/h2-7,9H,1H3;6-10H2. The zero-order valence-electron chi connectivity index (χ0n) is 11.4. The van der Waals surface area contributed by atoms with Gasteiger partial charge >= 0.3 is 0 Å². The van der Waals surface area contributed by atoms with Crippen molar-refractivity contribution in [3.63, 3.8) is 0 Å². The summed E-state index contributed by atoms with van der Waals surface area (Å²) in [7, 11) is -3.62. The van der Waals surface area contributed by atoms with Crippen LogP contribution in [0.15, 0.2) is 30.3 Å². The lowest BCUT2D eigenvalue weighted by atomic mass is 10.3. The summed E-state index contributed by atoms with van der Waals surface area (Å²) in [5, 5.41) is 8.78. The van der Waals surface area contributed by atoms with Gasteiger partial charge in [0.2, 0.25) is 0 Å². The summed E-state index contributed by atoms with van der Waals surface area (Å²) in [6, 6.07) is 9.21. The van der Waals surface area contributed by atoms with Gasteiger partial charge in [-0.25, -0.2) is 0 Å². The number of benzene rings is 1. The highest BCUT2D eigenvalue weighted by atomic mass is 28.4. The molecule has 1 N–H and O–H groups in total. The van der Waals surface area contributed by atoms with Gasteiger partial charge in [-0.2, -0.15) is 0 Å². The molecule has 0 aromatic heterocycles. The Bertz CT molecular complexity index is 297. The first kappa shape index (κ1) is 17.9. The topological polar surface area (TPSA) is 75.6 Å². The van der Waals surface area contributed by atoms with Crippen LogP contribution < -0.4 is 4.74 Å². The average molecular weight is 369 g/mol. The van der Waals surface area contributed by atoms with Crippen molar-refractivity contribution in [1.29, 1.82) is 0 Å². The van der Waals surface area contributed by atoms with Gasteiger partial charge in [0.05, 0.1) is 0 Å². The maximum absolute atomic E-state index is 8.78. The molecule has 0 bridgehead atoms. The highest BCUT2D eigenvalue weighted by Gasteiger charge is 1.97. The largest absolute Gasteiger partial charge is 0.465 e. The third-order valence-corrected chi connectivity index (χ3v) is 8.55. The number of hydrogen-bond acceptors (Lipinski definition) is 7. The third-order valence-electron chi connectivity index (χ3n) is 1.88. The molecular weight excluding hydrogens is 349 g/mol. The Hall–Kier alpha value is -0.136. The van der Waals surface area contributed by atoms with Crippen molar-refractivity contribution in [2.24, 2.45) is 0 Å². The molecule has 114 valence electrons. The molecule has 7 nitrogen and oxygen atoms in total. The Morgan fingerprint density at radius 1 is 0.850 bits per heavy atom. The van der Waals surface area contributed by atoms with Crippen LogP contribution in [0.1, 0.15) is 6.92 Å². The SMILES string of the molecule is CC(O)Oc1ccccc1.O1[SiH2]O[SiH2]O[SiH2]O[SiH2]O[SiH2]1. The first-order chi connectivity index (χ1) is 9.79. The van der Waals surface area contributed by atoms with Crippen LogP contribution in [0.25, 0.3) is 0 Å². The molecule has 12 heteroatoms. The fourth-order valence-electron chi connectivity index (χ4n) is 1.16. The minimum absolute atomic E-state index is 0.692. The van der Waals surface area contributed by atoms with Crippen molar-refractivity contribution in [2.45, 2.75) is 13.2 Å². The van der Waals surface area contributed by atoms with Crippen LogP contribution in [0.4, 0.5) is 0 Å². The first-order valence-electron chi connectivity index (χ1n) is 6.07. The fraction of sp³-hybridized carbons (Fsp3) is 0.250. The smallest absolute Gasteiger partial charge is 0.286 e. The van der Waals surface area contributed by atoms with Crippen LogP contribution in [0, 0.1) is 0 Å². The second-order valence-corrected chi connectivity index (χ2v) is 13.0. The molecule has 0 radical (unpaired) electrons. The quantitative estimate of drug-likeness (QED) is 0.428. The number of aliphatic hydroxyl groups excluding tert-OH is 1. The van der Waals surface area contributed by atoms with Gasteiger partial charge < -0.3 is 30.4 Å². The Morgan fingerprint density at radius 2 is 1.25 bits per heavy atom. The number of para-hydroxylation sites is 1. The van der Waals surface area contributed by atoms with Gasteiger partial charge in [-0.05, 0) is 19.1 Å². The van der Waals surface area contributed by atoms with E-state index in [0.29, 0.717) is 5.75 Å². The zero-order valence-corrected chi connectivity index (χ0v) is 18.5. The predicted molar refractivity (Wildman–Crippen MR) is 86.9 cm³/mol. The molecule has 1 saturated heterocycles. The van der Waals surface area contributed by atoms with Gasteiger partial charge in [0.15, 0.2) is 6.29 Å². The minimum atomic E-state index is -0.734. The molecule has 0 amide bonds. The third kappa shape index (κ3) is 10.6. The van der Waals surface area contributed by atoms with E-state index >= 15 is 0 Å². The maximum Gasteiger partial charge on any atom is 0.286 e. The lowest BCUT2D eigenvalue weighted by Crippen LogP contribution is -2.23.